The first kappa shape index (κ1) is 12.1. The standard InChI is InChI=1S/C14H21N3/c1-15(2)9-12-10-17(11-16(3)4)14-8-6-5-7-13(12)14/h5-8,10H,9,11H2,1-4H3. The molecule has 3 nitrogen and oxygen atoms in total. The molecule has 1 heterocycles. The fraction of sp³-hybridized carbons (Fsp3) is 0.429. The van der Waals surface area contributed by atoms with Crippen LogP contribution in [-0.2, 0) is 13.2 Å². The topological polar surface area (TPSA) is 11.4 Å². The quantitative estimate of drug-likeness (QED) is 0.799. The minimum atomic E-state index is 0.925. The van der Waals surface area contributed by atoms with Crippen molar-refractivity contribution in [2.75, 3.05) is 28.2 Å². The highest BCUT2D eigenvalue weighted by Crippen LogP contribution is 2.22. The van der Waals surface area contributed by atoms with Gasteiger partial charge in [0, 0.05) is 23.6 Å². The third kappa shape index (κ3) is 2.68. The fourth-order valence-electron chi connectivity index (χ4n) is 2.21. The Bertz CT molecular complexity index is 453. The average molecular weight is 231 g/mol. The average Bonchev–Trinajstić information content (AvgIpc) is 2.56. The molecule has 0 amide bonds. The zero-order valence-corrected chi connectivity index (χ0v) is 11.1. The monoisotopic (exact) mass is 231 g/mol. The van der Waals surface area contributed by atoms with Gasteiger partial charge in [-0.2, -0.15) is 0 Å². The zero-order chi connectivity index (χ0) is 12.4. The van der Waals surface area contributed by atoms with Crippen LogP contribution in [0, 0.1) is 0 Å². The van der Waals surface area contributed by atoms with Gasteiger partial charge in [-0.1, -0.05) is 18.2 Å². The molecule has 2 rings (SSSR count). The van der Waals surface area contributed by atoms with Crippen molar-refractivity contribution >= 4 is 10.9 Å². The molecule has 0 bridgehead atoms. The van der Waals surface area contributed by atoms with E-state index in [1.165, 1.54) is 16.5 Å². The summed E-state index contributed by atoms with van der Waals surface area (Å²) in [4.78, 5) is 4.40. The SMILES string of the molecule is CN(C)Cc1cn(CN(C)C)c2ccccc12. The molecular formula is C14H21N3. The second kappa shape index (κ2) is 4.90. The van der Waals surface area contributed by atoms with Crippen molar-refractivity contribution in [1.82, 2.24) is 14.4 Å². The van der Waals surface area contributed by atoms with Crippen LogP contribution in [0.3, 0.4) is 0 Å². The van der Waals surface area contributed by atoms with Gasteiger partial charge in [0.2, 0.25) is 0 Å². The number of fused-ring (bicyclic) bond motifs is 1. The maximum absolute atomic E-state index is 2.31. The molecule has 0 fully saturated rings. The predicted molar refractivity (Wildman–Crippen MR) is 73.0 cm³/mol. The summed E-state index contributed by atoms with van der Waals surface area (Å²) in [5.41, 5.74) is 2.71. The molecule has 2 aromatic rings. The van der Waals surface area contributed by atoms with Crippen molar-refractivity contribution in [2.24, 2.45) is 0 Å². The van der Waals surface area contributed by atoms with Gasteiger partial charge in [-0.15, -0.1) is 0 Å². The molecule has 0 aliphatic heterocycles. The van der Waals surface area contributed by atoms with E-state index in [2.05, 4.69) is 73.0 Å². The summed E-state index contributed by atoms with van der Waals surface area (Å²) < 4.78 is 2.31. The van der Waals surface area contributed by atoms with E-state index < -0.39 is 0 Å². The van der Waals surface area contributed by atoms with Crippen molar-refractivity contribution in [3.05, 3.63) is 36.0 Å². The van der Waals surface area contributed by atoms with E-state index in [1.54, 1.807) is 0 Å². The summed E-state index contributed by atoms with van der Waals surface area (Å²) in [5.74, 6) is 0. The lowest BCUT2D eigenvalue weighted by atomic mass is 10.2. The van der Waals surface area contributed by atoms with Crippen LogP contribution in [-0.4, -0.2) is 42.6 Å². The number of aromatic nitrogens is 1. The summed E-state index contributed by atoms with van der Waals surface area (Å²) in [6, 6.07) is 8.62. The summed E-state index contributed by atoms with van der Waals surface area (Å²) in [7, 11) is 8.41. The van der Waals surface area contributed by atoms with Gasteiger partial charge >= 0.3 is 0 Å². The second-order valence-electron chi connectivity index (χ2n) is 5.10. The predicted octanol–water partition coefficient (Wildman–Crippen LogP) is 2.22. The Morgan fingerprint density at radius 3 is 2.35 bits per heavy atom. The van der Waals surface area contributed by atoms with Gasteiger partial charge in [0.25, 0.3) is 0 Å². The Hall–Kier alpha value is -1.32. The van der Waals surface area contributed by atoms with Gasteiger partial charge < -0.3 is 9.47 Å². The summed E-state index contributed by atoms with van der Waals surface area (Å²) in [5, 5.41) is 1.36. The van der Waals surface area contributed by atoms with Gasteiger partial charge in [0.05, 0.1) is 6.67 Å². The van der Waals surface area contributed by atoms with Crippen molar-refractivity contribution in [2.45, 2.75) is 13.2 Å². The number of para-hydroxylation sites is 1. The van der Waals surface area contributed by atoms with Gasteiger partial charge in [-0.05, 0) is 39.8 Å². The van der Waals surface area contributed by atoms with Crippen LogP contribution in [0.25, 0.3) is 10.9 Å². The molecule has 0 atom stereocenters. The Morgan fingerprint density at radius 1 is 1.00 bits per heavy atom. The zero-order valence-electron chi connectivity index (χ0n) is 11.1. The van der Waals surface area contributed by atoms with Crippen LogP contribution >= 0.6 is 0 Å². The molecule has 0 unspecified atom stereocenters. The Morgan fingerprint density at radius 2 is 1.71 bits per heavy atom. The lowest BCUT2D eigenvalue weighted by Gasteiger charge is -2.11. The van der Waals surface area contributed by atoms with E-state index in [4.69, 9.17) is 0 Å². The molecule has 92 valence electrons. The molecule has 0 N–H and O–H groups in total. The number of rotatable bonds is 4. The summed E-state index contributed by atoms with van der Waals surface area (Å²) in [6.07, 6.45) is 2.27. The van der Waals surface area contributed by atoms with Crippen LogP contribution in [0.5, 0.6) is 0 Å². The first-order valence-corrected chi connectivity index (χ1v) is 5.94. The van der Waals surface area contributed by atoms with E-state index in [0.29, 0.717) is 0 Å². The molecule has 0 aliphatic rings. The molecular weight excluding hydrogens is 210 g/mol. The third-order valence-corrected chi connectivity index (χ3v) is 2.79. The van der Waals surface area contributed by atoms with E-state index in [9.17, 15) is 0 Å². The summed E-state index contributed by atoms with van der Waals surface area (Å²) >= 11 is 0. The lowest BCUT2D eigenvalue weighted by Crippen LogP contribution is -2.16. The van der Waals surface area contributed by atoms with Crippen molar-refractivity contribution < 1.29 is 0 Å². The van der Waals surface area contributed by atoms with Gasteiger partial charge in [-0.3, -0.25) is 4.90 Å². The summed E-state index contributed by atoms with van der Waals surface area (Å²) in [6.45, 7) is 1.91. The van der Waals surface area contributed by atoms with Crippen molar-refractivity contribution in [3.63, 3.8) is 0 Å². The molecule has 0 saturated heterocycles. The van der Waals surface area contributed by atoms with Crippen molar-refractivity contribution in [3.8, 4) is 0 Å². The molecule has 0 spiro atoms. The largest absolute Gasteiger partial charge is 0.334 e. The molecule has 17 heavy (non-hydrogen) atoms. The molecule has 1 aromatic heterocycles. The Labute approximate surface area is 103 Å². The fourth-order valence-corrected chi connectivity index (χ4v) is 2.21. The minimum Gasteiger partial charge on any atom is -0.334 e. The first-order chi connectivity index (χ1) is 8.08. The maximum atomic E-state index is 2.31. The molecule has 1 aromatic carbocycles. The molecule has 0 radical (unpaired) electrons. The first-order valence-electron chi connectivity index (χ1n) is 5.94. The van der Waals surface area contributed by atoms with Gasteiger partial charge in [-0.25, -0.2) is 0 Å². The molecule has 0 aliphatic carbocycles. The van der Waals surface area contributed by atoms with Gasteiger partial charge in [0.15, 0.2) is 0 Å². The number of nitrogens with zero attached hydrogens (tertiary/aromatic N) is 3. The normalized spacial score (nSPS) is 11.9. The Kier molecular flexibility index (Phi) is 3.50. The van der Waals surface area contributed by atoms with Crippen LogP contribution in [0.4, 0.5) is 0 Å². The number of benzene rings is 1. The van der Waals surface area contributed by atoms with Crippen LogP contribution in [0.15, 0.2) is 30.5 Å². The highest BCUT2D eigenvalue weighted by atomic mass is 15.2. The maximum Gasteiger partial charge on any atom is 0.0746 e. The van der Waals surface area contributed by atoms with Crippen LogP contribution in [0.1, 0.15) is 5.56 Å². The number of hydrogen-bond acceptors (Lipinski definition) is 2. The minimum absolute atomic E-state index is 0.925. The van der Waals surface area contributed by atoms with E-state index >= 15 is 0 Å². The van der Waals surface area contributed by atoms with Crippen LogP contribution < -0.4 is 0 Å². The lowest BCUT2D eigenvalue weighted by molar-refractivity contribution is 0.331. The smallest absolute Gasteiger partial charge is 0.0746 e. The third-order valence-electron chi connectivity index (χ3n) is 2.79. The highest BCUT2D eigenvalue weighted by Gasteiger charge is 2.08. The number of hydrogen-bond donors (Lipinski definition) is 0. The van der Waals surface area contributed by atoms with E-state index in [1.807, 2.05) is 0 Å². The second-order valence-corrected chi connectivity index (χ2v) is 5.10. The van der Waals surface area contributed by atoms with Crippen molar-refractivity contribution in [1.29, 1.82) is 0 Å². The van der Waals surface area contributed by atoms with E-state index in [-0.39, 0.29) is 0 Å². The highest BCUT2D eigenvalue weighted by molar-refractivity contribution is 5.83. The van der Waals surface area contributed by atoms with Gasteiger partial charge in [0.1, 0.15) is 0 Å². The molecule has 3 heteroatoms. The van der Waals surface area contributed by atoms with Crippen LogP contribution in [0.2, 0.25) is 0 Å². The Balaban J connectivity index is 2.46. The molecule has 0 saturated carbocycles. The van der Waals surface area contributed by atoms with E-state index in [0.717, 1.165) is 13.2 Å².